The first-order chi connectivity index (χ1) is 15.9. The summed E-state index contributed by atoms with van der Waals surface area (Å²) >= 11 is 0. The van der Waals surface area contributed by atoms with Gasteiger partial charge in [-0.1, -0.05) is 66.2 Å². The third kappa shape index (κ3) is 4.88. The molecule has 5 heteroatoms. The number of dihydropyridines is 1. The molecule has 4 rings (SSSR count). The number of hydrogen-bond acceptors (Lipinski definition) is 3. The molecule has 2 amide bonds. The van der Waals surface area contributed by atoms with Crippen LogP contribution in [0.1, 0.15) is 30.9 Å². The second-order valence-electron chi connectivity index (χ2n) is 8.19. The van der Waals surface area contributed by atoms with Crippen LogP contribution in [0.25, 0.3) is 0 Å². The fourth-order valence-corrected chi connectivity index (χ4v) is 4.13. The Morgan fingerprint density at radius 1 is 0.636 bits per heavy atom. The van der Waals surface area contributed by atoms with Crippen LogP contribution < -0.4 is 16.0 Å². The molecule has 3 N–H and O–H groups in total. The zero-order valence-corrected chi connectivity index (χ0v) is 19.0. The number of allylic oxidation sites excluding steroid dienone is 2. The Labute approximate surface area is 194 Å². The number of hydrogen-bond donors (Lipinski definition) is 3. The van der Waals surface area contributed by atoms with Crippen LogP contribution in [-0.2, 0) is 9.59 Å². The van der Waals surface area contributed by atoms with E-state index < -0.39 is 5.92 Å². The van der Waals surface area contributed by atoms with Crippen LogP contribution in [0.4, 0.5) is 11.4 Å². The van der Waals surface area contributed by atoms with E-state index in [9.17, 15) is 9.59 Å². The highest BCUT2D eigenvalue weighted by atomic mass is 16.2. The van der Waals surface area contributed by atoms with Crippen LogP contribution in [0.3, 0.4) is 0 Å². The number of aryl methyl sites for hydroxylation is 1. The zero-order valence-electron chi connectivity index (χ0n) is 19.0. The van der Waals surface area contributed by atoms with Crippen LogP contribution in [0.5, 0.6) is 0 Å². The van der Waals surface area contributed by atoms with Gasteiger partial charge in [-0.25, -0.2) is 0 Å². The summed E-state index contributed by atoms with van der Waals surface area (Å²) in [7, 11) is 0. The predicted molar refractivity (Wildman–Crippen MR) is 133 cm³/mol. The Morgan fingerprint density at radius 3 is 1.48 bits per heavy atom. The summed E-state index contributed by atoms with van der Waals surface area (Å²) in [6, 6.07) is 26.6. The highest BCUT2D eigenvalue weighted by Gasteiger charge is 2.36. The van der Waals surface area contributed by atoms with E-state index in [0.29, 0.717) is 22.5 Å². The lowest BCUT2D eigenvalue weighted by Crippen LogP contribution is -2.35. The van der Waals surface area contributed by atoms with Crippen LogP contribution in [0, 0.1) is 6.92 Å². The van der Waals surface area contributed by atoms with Crippen LogP contribution in [-0.4, -0.2) is 11.8 Å². The van der Waals surface area contributed by atoms with Crippen molar-refractivity contribution < 1.29 is 9.59 Å². The van der Waals surface area contributed by atoms with E-state index in [1.807, 2.05) is 106 Å². The summed E-state index contributed by atoms with van der Waals surface area (Å²) in [5.41, 5.74) is 5.89. The standard InChI is InChI=1S/C28H27N3O2/c1-18-14-16-21(17-15-18)26-24(27(32)30-22-10-6-4-7-11-22)19(2)29-20(3)25(26)28(33)31-23-12-8-5-9-13-23/h4-17,26,29H,1-3H3,(H,30,32)(H,31,33). The Morgan fingerprint density at radius 2 is 1.06 bits per heavy atom. The minimum Gasteiger partial charge on any atom is -0.362 e. The lowest BCUT2D eigenvalue weighted by Gasteiger charge is -2.31. The highest BCUT2D eigenvalue weighted by Crippen LogP contribution is 2.39. The summed E-state index contributed by atoms with van der Waals surface area (Å²) in [5, 5.41) is 9.23. The third-order valence-electron chi connectivity index (χ3n) is 5.72. The maximum Gasteiger partial charge on any atom is 0.254 e. The topological polar surface area (TPSA) is 70.2 Å². The molecule has 1 aliphatic rings. The van der Waals surface area contributed by atoms with E-state index in [4.69, 9.17) is 0 Å². The SMILES string of the molecule is CC1=C(C(=O)Nc2ccccc2)C(c2ccc(C)cc2)C(C(=O)Nc2ccccc2)=C(C)N1. The van der Waals surface area contributed by atoms with Crippen LogP contribution >= 0.6 is 0 Å². The van der Waals surface area contributed by atoms with Crippen molar-refractivity contribution in [3.63, 3.8) is 0 Å². The summed E-state index contributed by atoms with van der Waals surface area (Å²) in [5.74, 6) is -0.997. The molecule has 0 atom stereocenters. The quantitative estimate of drug-likeness (QED) is 0.493. The number of anilines is 2. The Bertz CT molecular complexity index is 1150. The molecule has 0 bridgehead atoms. The molecule has 0 saturated carbocycles. The molecule has 0 radical (unpaired) electrons. The van der Waals surface area contributed by atoms with Gasteiger partial charge in [0.15, 0.2) is 0 Å². The largest absolute Gasteiger partial charge is 0.362 e. The highest BCUT2D eigenvalue weighted by molar-refractivity contribution is 6.11. The molecule has 1 heterocycles. The smallest absolute Gasteiger partial charge is 0.254 e. The molecule has 5 nitrogen and oxygen atoms in total. The van der Waals surface area contributed by atoms with E-state index in [0.717, 1.165) is 22.5 Å². The number of nitrogens with one attached hydrogen (secondary N) is 3. The van der Waals surface area contributed by atoms with Crippen LogP contribution in [0.15, 0.2) is 107 Å². The Balaban J connectivity index is 1.76. The lowest BCUT2D eigenvalue weighted by molar-refractivity contribution is -0.113. The molecule has 0 aliphatic carbocycles. The number of amides is 2. The minimum absolute atomic E-state index is 0.241. The number of benzene rings is 3. The number of carbonyl (C=O) groups excluding carboxylic acids is 2. The third-order valence-corrected chi connectivity index (χ3v) is 5.72. The van der Waals surface area contributed by atoms with Crippen LogP contribution in [0.2, 0.25) is 0 Å². The first kappa shape index (κ1) is 22.1. The van der Waals surface area contributed by atoms with Crippen molar-refractivity contribution in [2.45, 2.75) is 26.7 Å². The molecule has 1 aliphatic heterocycles. The molecule has 0 unspecified atom stereocenters. The van der Waals surface area contributed by atoms with Gasteiger partial charge in [0.2, 0.25) is 0 Å². The van der Waals surface area contributed by atoms with Gasteiger partial charge in [-0.05, 0) is 50.6 Å². The first-order valence-electron chi connectivity index (χ1n) is 10.9. The molecule has 0 saturated heterocycles. The van der Waals surface area contributed by atoms with Gasteiger partial charge in [0.1, 0.15) is 0 Å². The molecular formula is C28H27N3O2. The van der Waals surface area contributed by atoms with Crippen molar-refractivity contribution in [1.82, 2.24) is 5.32 Å². The first-order valence-corrected chi connectivity index (χ1v) is 10.9. The maximum atomic E-state index is 13.5. The van der Waals surface area contributed by atoms with Crippen molar-refractivity contribution in [1.29, 1.82) is 0 Å². The van der Waals surface area contributed by atoms with Gasteiger partial charge in [0.05, 0.1) is 0 Å². The van der Waals surface area contributed by atoms with Crippen molar-refractivity contribution in [3.8, 4) is 0 Å². The van der Waals surface area contributed by atoms with E-state index in [-0.39, 0.29) is 11.8 Å². The van der Waals surface area contributed by atoms with E-state index in [1.54, 1.807) is 0 Å². The Kier molecular flexibility index (Phi) is 6.41. The second kappa shape index (κ2) is 9.57. The van der Waals surface area contributed by atoms with E-state index in [2.05, 4.69) is 16.0 Å². The average Bonchev–Trinajstić information content (AvgIpc) is 2.80. The lowest BCUT2D eigenvalue weighted by atomic mass is 9.79. The average molecular weight is 438 g/mol. The van der Waals surface area contributed by atoms with Gasteiger partial charge >= 0.3 is 0 Å². The van der Waals surface area contributed by atoms with Gasteiger partial charge < -0.3 is 16.0 Å². The van der Waals surface area contributed by atoms with Gasteiger partial charge in [-0.2, -0.15) is 0 Å². The Hall–Kier alpha value is -4.12. The summed E-state index contributed by atoms with van der Waals surface area (Å²) in [6.07, 6.45) is 0. The normalized spacial score (nSPS) is 14.0. The maximum absolute atomic E-state index is 13.5. The monoisotopic (exact) mass is 437 g/mol. The second-order valence-corrected chi connectivity index (χ2v) is 8.19. The zero-order chi connectivity index (χ0) is 23.4. The number of para-hydroxylation sites is 2. The fourth-order valence-electron chi connectivity index (χ4n) is 4.13. The minimum atomic E-state index is -0.515. The van der Waals surface area contributed by atoms with Crippen molar-refractivity contribution >= 4 is 23.2 Å². The van der Waals surface area contributed by atoms with E-state index in [1.165, 1.54) is 0 Å². The summed E-state index contributed by atoms with van der Waals surface area (Å²) in [6.45, 7) is 5.76. The van der Waals surface area contributed by atoms with Crippen molar-refractivity contribution in [2.75, 3.05) is 10.6 Å². The number of rotatable bonds is 5. The molecule has 0 fully saturated rings. The van der Waals surface area contributed by atoms with Crippen molar-refractivity contribution in [2.24, 2.45) is 0 Å². The molecular weight excluding hydrogens is 410 g/mol. The summed E-state index contributed by atoms with van der Waals surface area (Å²) < 4.78 is 0. The predicted octanol–water partition coefficient (Wildman–Crippen LogP) is 5.51. The van der Waals surface area contributed by atoms with Gasteiger partial charge in [-0.3, -0.25) is 9.59 Å². The van der Waals surface area contributed by atoms with E-state index >= 15 is 0 Å². The fraction of sp³-hybridized carbons (Fsp3) is 0.143. The van der Waals surface area contributed by atoms with Gasteiger partial charge in [-0.15, -0.1) is 0 Å². The molecule has 0 spiro atoms. The molecule has 3 aromatic carbocycles. The van der Waals surface area contributed by atoms with Gasteiger partial charge in [0, 0.05) is 39.8 Å². The number of carbonyl (C=O) groups is 2. The molecule has 3 aromatic rings. The molecule has 33 heavy (non-hydrogen) atoms. The van der Waals surface area contributed by atoms with Gasteiger partial charge in [0.25, 0.3) is 11.8 Å². The van der Waals surface area contributed by atoms with Crippen molar-refractivity contribution in [3.05, 3.63) is 119 Å². The molecule has 0 aromatic heterocycles. The summed E-state index contributed by atoms with van der Waals surface area (Å²) in [4.78, 5) is 27.0. The molecule has 166 valence electrons.